The number of anilines is 2. The van der Waals surface area contributed by atoms with Crippen LogP contribution in [0.25, 0.3) is 10.8 Å². The SMILES string of the molecule is CC1=CCc2cc(C)ccc2N1Cc1ccc2c(N)nccc2c1. The maximum absolute atomic E-state index is 5.96. The Morgan fingerprint density at radius 2 is 1.96 bits per heavy atom. The van der Waals surface area contributed by atoms with Gasteiger partial charge in [0.1, 0.15) is 5.82 Å². The van der Waals surface area contributed by atoms with Gasteiger partial charge in [0.05, 0.1) is 0 Å². The minimum absolute atomic E-state index is 0.592. The molecule has 24 heavy (non-hydrogen) atoms. The number of nitrogen functional groups attached to an aromatic ring is 1. The fraction of sp³-hybridized carbons (Fsp3) is 0.190. The first kappa shape index (κ1) is 14.8. The van der Waals surface area contributed by atoms with Gasteiger partial charge < -0.3 is 10.6 Å². The third kappa shape index (κ3) is 2.52. The summed E-state index contributed by atoms with van der Waals surface area (Å²) >= 11 is 0. The van der Waals surface area contributed by atoms with Crippen LogP contribution in [0.5, 0.6) is 0 Å². The van der Waals surface area contributed by atoms with Crippen LogP contribution in [0.2, 0.25) is 0 Å². The van der Waals surface area contributed by atoms with E-state index < -0.39 is 0 Å². The molecule has 0 bridgehead atoms. The molecule has 120 valence electrons. The van der Waals surface area contributed by atoms with Crippen LogP contribution in [0, 0.1) is 6.92 Å². The van der Waals surface area contributed by atoms with Crippen molar-refractivity contribution in [1.29, 1.82) is 0 Å². The maximum Gasteiger partial charge on any atom is 0.131 e. The summed E-state index contributed by atoms with van der Waals surface area (Å²) in [4.78, 5) is 6.55. The molecule has 1 aliphatic rings. The number of benzene rings is 2. The molecule has 0 amide bonds. The Kier molecular flexibility index (Phi) is 3.49. The monoisotopic (exact) mass is 315 g/mol. The first-order valence-electron chi connectivity index (χ1n) is 8.29. The Labute approximate surface area is 142 Å². The van der Waals surface area contributed by atoms with Crippen LogP contribution in [0.4, 0.5) is 11.5 Å². The first-order valence-corrected chi connectivity index (χ1v) is 8.29. The number of nitrogens with zero attached hydrogens (tertiary/aromatic N) is 2. The van der Waals surface area contributed by atoms with Gasteiger partial charge in [0.15, 0.2) is 0 Å². The summed E-state index contributed by atoms with van der Waals surface area (Å²) in [6, 6.07) is 15.2. The van der Waals surface area contributed by atoms with Crippen LogP contribution in [-0.4, -0.2) is 4.98 Å². The van der Waals surface area contributed by atoms with Gasteiger partial charge in [0.2, 0.25) is 0 Å². The molecule has 4 rings (SSSR count). The predicted molar refractivity (Wildman–Crippen MR) is 101 cm³/mol. The van der Waals surface area contributed by atoms with Gasteiger partial charge in [-0.15, -0.1) is 0 Å². The normalized spacial score (nSPS) is 13.8. The summed E-state index contributed by atoms with van der Waals surface area (Å²) in [5, 5.41) is 2.16. The highest BCUT2D eigenvalue weighted by atomic mass is 15.1. The van der Waals surface area contributed by atoms with Gasteiger partial charge in [-0.3, -0.25) is 0 Å². The Morgan fingerprint density at radius 1 is 1.08 bits per heavy atom. The topological polar surface area (TPSA) is 42.1 Å². The van der Waals surface area contributed by atoms with Crippen molar-refractivity contribution in [3.05, 3.63) is 77.1 Å². The van der Waals surface area contributed by atoms with E-state index in [2.05, 4.69) is 66.2 Å². The average molecular weight is 315 g/mol. The van der Waals surface area contributed by atoms with Crippen molar-refractivity contribution in [2.75, 3.05) is 10.6 Å². The molecule has 3 aromatic rings. The van der Waals surface area contributed by atoms with E-state index in [9.17, 15) is 0 Å². The highest BCUT2D eigenvalue weighted by molar-refractivity contribution is 5.91. The molecule has 0 radical (unpaired) electrons. The third-order valence-electron chi connectivity index (χ3n) is 4.77. The second kappa shape index (κ2) is 5.68. The van der Waals surface area contributed by atoms with Crippen molar-refractivity contribution in [3.63, 3.8) is 0 Å². The molecule has 0 fully saturated rings. The lowest BCUT2D eigenvalue weighted by molar-refractivity contribution is 0.877. The van der Waals surface area contributed by atoms with Crippen molar-refractivity contribution in [1.82, 2.24) is 4.98 Å². The van der Waals surface area contributed by atoms with E-state index in [4.69, 9.17) is 5.73 Å². The molecule has 2 heterocycles. The number of hydrogen-bond donors (Lipinski definition) is 1. The summed E-state index contributed by atoms with van der Waals surface area (Å²) in [6.45, 7) is 5.19. The van der Waals surface area contributed by atoms with Crippen molar-refractivity contribution >= 4 is 22.3 Å². The second-order valence-electron chi connectivity index (χ2n) is 6.52. The van der Waals surface area contributed by atoms with Crippen molar-refractivity contribution in [2.24, 2.45) is 0 Å². The quantitative estimate of drug-likeness (QED) is 0.752. The van der Waals surface area contributed by atoms with Gasteiger partial charge in [-0.25, -0.2) is 4.98 Å². The standard InChI is InChI=1S/C21H21N3/c1-14-3-8-20-18(11-14)6-4-15(2)24(20)13-16-5-7-19-17(12-16)9-10-23-21(19)22/h3-5,7-12H,6,13H2,1-2H3,(H2,22,23). The highest BCUT2D eigenvalue weighted by Crippen LogP contribution is 2.32. The molecule has 0 saturated heterocycles. The van der Waals surface area contributed by atoms with E-state index in [1.165, 1.54) is 28.1 Å². The molecule has 3 heteroatoms. The van der Waals surface area contributed by atoms with Gasteiger partial charge >= 0.3 is 0 Å². The molecular weight excluding hydrogens is 294 g/mol. The summed E-state index contributed by atoms with van der Waals surface area (Å²) < 4.78 is 0. The average Bonchev–Trinajstić information content (AvgIpc) is 2.57. The number of aryl methyl sites for hydroxylation is 1. The lowest BCUT2D eigenvalue weighted by atomic mass is 9.99. The first-order chi connectivity index (χ1) is 11.6. The van der Waals surface area contributed by atoms with E-state index >= 15 is 0 Å². The summed E-state index contributed by atoms with van der Waals surface area (Å²) in [7, 11) is 0. The lowest BCUT2D eigenvalue weighted by Crippen LogP contribution is -2.24. The summed E-state index contributed by atoms with van der Waals surface area (Å²) in [6.07, 6.45) is 5.09. The number of aromatic nitrogens is 1. The van der Waals surface area contributed by atoms with E-state index in [0.29, 0.717) is 5.82 Å². The number of fused-ring (bicyclic) bond motifs is 2. The zero-order valence-corrected chi connectivity index (χ0v) is 14.1. The Morgan fingerprint density at radius 3 is 2.83 bits per heavy atom. The van der Waals surface area contributed by atoms with Gasteiger partial charge in [0.25, 0.3) is 0 Å². The zero-order valence-electron chi connectivity index (χ0n) is 14.1. The van der Waals surface area contributed by atoms with Crippen molar-refractivity contribution in [2.45, 2.75) is 26.8 Å². The van der Waals surface area contributed by atoms with Crippen LogP contribution in [-0.2, 0) is 13.0 Å². The molecule has 0 atom stereocenters. The highest BCUT2D eigenvalue weighted by Gasteiger charge is 2.17. The van der Waals surface area contributed by atoms with E-state index in [1.807, 2.05) is 6.07 Å². The minimum Gasteiger partial charge on any atom is -0.383 e. The number of pyridine rings is 1. The van der Waals surface area contributed by atoms with Crippen molar-refractivity contribution in [3.8, 4) is 0 Å². The zero-order chi connectivity index (χ0) is 16.7. The second-order valence-corrected chi connectivity index (χ2v) is 6.52. The fourth-order valence-electron chi connectivity index (χ4n) is 3.44. The van der Waals surface area contributed by atoms with Crippen LogP contribution in [0.3, 0.4) is 0 Å². The number of hydrogen-bond acceptors (Lipinski definition) is 3. The molecule has 1 aromatic heterocycles. The molecule has 2 N–H and O–H groups in total. The van der Waals surface area contributed by atoms with Gasteiger partial charge in [-0.2, -0.15) is 0 Å². The summed E-state index contributed by atoms with van der Waals surface area (Å²) in [5.74, 6) is 0.592. The third-order valence-corrected chi connectivity index (χ3v) is 4.77. The lowest BCUT2D eigenvalue weighted by Gasteiger charge is -2.31. The van der Waals surface area contributed by atoms with E-state index in [0.717, 1.165) is 23.7 Å². The maximum atomic E-state index is 5.96. The number of nitrogens with two attached hydrogens (primary N) is 1. The molecule has 0 aliphatic carbocycles. The number of rotatable bonds is 2. The van der Waals surface area contributed by atoms with Crippen LogP contribution >= 0.6 is 0 Å². The van der Waals surface area contributed by atoms with E-state index in [-0.39, 0.29) is 0 Å². The van der Waals surface area contributed by atoms with Crippen molar-refractivity contribution < 1.29 is 0 Å². The predicted octanol–water partition coefficient (Wildman–Crippen LogP) is 4.59. The molecule has 0 saturated carbocycles. The number of allylic oxidation sites excluding steroid dienone is 2. The molecule has 3 nitrogen and oxygen atoms in total. The molecule has 1 aliphatic heterocycles. The molecule has 0 unspecified atom stereocenters. The molecular formula is C21H21N3. The minimum atomic E-state index is 0.592. The largest absolute Gasteiger partial charge is 0.383 e. The Bertz CT molecular complexity index is 956. The van der Waals surface area contributed by atoms with Crippen LogP contribution in [0.1, 0.15) is 23.6 Å². The Hall–Kier alpha value is -2.81. The molecule has 0 spiro atoms. The van der Waals surface area contributed by atoms with Gasteiger partial charge in [0, 0.05) is 29.5 Å². The fourth-order valence-corrected chi connectivity index (χ4v) is 3.44. The van der Waals surface area contributed by atoms with Crippen LogP contribution in [0.15, 0.2) is 60.4 Å². The molecule has 2 aromatic carbocycles. The van der Waals surface area contributed by atoms with Crippen LogP contribution < -0.4 is 10.6 Å². The summed E-state index contributed by atoms with van der Waals surface area (Å²) in [5.41, 5.74) is 12.6. The van der Waals surface area contributed by atoms with Gasteiger partial charge in [-0.1, -0.05) is 35.9 Å². The smallest absolute Gasteiger partial charge is 0.131 e. The van der Waals surface area contributed by atoms with E-state index in [1.54, 1.807) is 6.20 Å². The Balaban J connectivity index is 1.72. The van der Waals surface area contributed by atoms with Gasteiger partial charge in [-0.05, 0) is 55.0 Å².